The second-order valence-electron chi connectivity index (χ2n) is 4.98. The number of hydrogen-bond acceptors (Lipinski definition) is 4. The van der Waals surface area contributed by atoms with E-state index in [0.717, 1.165) is 5.69 Å². The van der Waals surface area contributed by atoms with Crippen molar-refractivity contribution in [2.24, 2.45) is 0 Å². The summed E-state index contributed by atoms with van der Waals surface area (Å²) in [4.78, 5) is 12.0. The van der Waals surface area contributed by atoms with Crippen molar-refractivity contribution >= 4 is 11.6 Å². The number of nitrogens with zero attached hydrogens (tertiary/aromatic N) is 1. The number of carbonyl (C=O) groups is 1. The minimum Gasteiger partial charge on any atom is -0.395 e. The van der Waals surface area contributed by atoms with Gasteiger partial charge >= 0.3 is 6.29 Å². The molecule has 0 atom stereocenters. The molecule has 0 saturated heterocycles. The Morgan fingerprint density at radius 1 is 1.32 bits per heavy atom. The molecule has 1 aliphatic heterocycles. The fraction of sp³-hybridized carbons (Fsp3) is 0.286. The number of nitrogens with one attached hydrogen (secondary N) is 2. The van der Waals surface area contributed by atoms with Crippen LogP contribution in [0.25, 0.3) is 0 Å². The molecule has 2 N–H and O–H groups in total. The topological polar surface area (TPSA) is 76.2 Å². The van der Waals surface area contributed by atoms with Crippen molar-refractivity contribution < 1.29 is 23.0 Å². The number of fused-ring (bicyclic) bond motifs is 1. The van der Waals surface area contributed by atoms with Crippen molar-refractivity contribution in [3.63, 3.8) is 0 Å². The number of amides is 1. The average molecular weight is 309 g/mol. The average Bonchev–Trinajstić information content (AvgIpc) is 2.90. The molecule has 0 saturated carbocycles. The summed E-state index contributed by atoms with van der Waals surface area (Å²) in [5.74, 6) is -0.403. The van der Waals surface area contributed by atoms with E-state index in [1.807, 2.05) is 0 Å². The van der Waals surface area contributed by atoms with Gasteiger partial charge in [-0.05, 0) is 31.5 Å². The molecule has 8 heteroatoms. The second kappa shape index (κ2) is 4.97. The molecule has 0 spiro atoms. The van der Waals surface area contributed by atoms with Gasteiger partial charge in [-0.15, -0.1) is 8.78 Å². The third-order valence-electron chi connectivity index (χ3n) is 3.22. The fourth-order valence-electron chi connectivity index (χ4n) is 2.21. The van der Waals surface area contributed by atoms with E-state index in [-0.39, 0.29) is 23.8 Å². The number of aromatic amines is 1. The molecule has 116 valence electrons. The lowest BCUT2D eigenvalue weighted by Gasteiger charge is -2.06. The maximum atomic E-state index is 12.9. The molecule has 2 heterocycles. The number of carbonyl (C=O) groups excluding carboxylic acids is 1. The summed E-state index contributed by atoms with van der Waals surface area (Å²) < 4.78 is 34.5. The Balaban J connectivity index is 1.71. The number of aromatic nitrogens is 2. The summed E-state index contributed by atoms with van der Waals surface area (Å²) in [5, 5.41) is 9.48. The molecule has 6 nitrogen and oxygen atoms in total. The van der Waals surface area contributed by atoms with Gasteiger partial charge in [0.1, 0.15) is 0 Å². The Morgan fingerprint density at radius 2 is 2.05 bits per heavy atom. The van der Waals surface area contributed by atoms with Crippen molar-refractivity contribution in [2.75, 3.05) is 5.32 Å². The standard InChI is InChI=1S/C14H13F2N3O3/c1-7-13(8(2)19-18-7)17-12(20)6-9-3-4-10-11(5-9)22-14(15,16)21-10/h3-5H,6H2,1-2H3,(H,17,20)(H,18,19). The van der Waals surface area contributed by atoms with E-state index in [1.165, 1.54) is 18.2 Å². The van der Waals surface area contributed by atoms with Crippen molar-refractivity contribution in [1.29, 1.82) is 0 Å². The summed E-state index contributed by atoms with van der Waals surface area (Å²) in [6, 6.07) is 4.26. The lowest BCUT2D eigenvalue weighted by atomic mass is 10.1. The highest BCUT2D eigenvalue weighted by Gasteiger charge is 2.43. The first kappa shape index (κ1) is 14.3. The number of rotatable bonds is 3. The van der Waals surface area contributed by atoms with Gasteiger partial charge in [0.15, 0.2) is 11.5 Å². The molecule has 0 bridgehead atoms. The lowest BCUT2D eigenvalue weighted by molar-refractivity contribution is -0.286. The number of aryl methyl sites for hydroxylation is 2. The van der Waals surface area contributed by atoms with E-state index in [9.17, 15) is 13.6 Å². The van der Waals surface area contributed by atoms with Gasteiger partial charge in [-0.3, -0.25) is 9.89 Å². The van der Waals surface area contributed by atoms with Crippen LogP contribution in [0.15, 0.2) is 18.2 Å². The van der Waals surface area contributed by atoms with Crippen LogP contribution in [0.3, 0.4) is 0 Å². The number of halogens is 2. The molecule has 0 unspecified atom stereocenters. The molecular weight excluding hydrogens is 296 g/mol. The number of alkyl halides is 2. The van der Waals surface area contributed by atoms with Gasteiger partial charge in [0, 0.05) is 0 Å². The van der Waals surface area contributed by atoms with Crippen LogP contribution in [0.2, 0.25) is 0 Å². The van der Waals surface area contributed by atoms with Gasteiger partial charge in [0.25, 0.3) is 0 Å². The molecule has 1 amide bonds. The molecule has 2 aromatic rings. The Bertz CT molecular complexity index is 723. The smallest absolute Gasteiger partial charge is 0.395 e. The van der Waals surface area contributed by atoms with Crippen molar-refractivity contribution in [3.05, 3.63) is 35.2 Å². The van der Waals surface area contributed by atoms with Crippen LogP contribution in [0.1, 0.15) is 17.0 Å². The highest BCUT2D eigenvalue weighted by molar-refractivity contribution is 5.93. The Morgan fingerprint density at radius 3 is 2.73 bits per heavy atom. The Hall–Kier alpha value is -2.64. The number of hydrogen-bond donors (Lipinski definition) is 2. The molecule has 0 aliphatic carbocycles. The van der Waals surface area contributed by atoms with Crippen LogP contribution < -0.4 is 14.8 Å². The van der Waals surface area contributed by atoms with Gasteiger partial charge in [0.05, 0.1) is 23.5 Å². The van der Waals surface area contributed by atoms with Gasteiger partial charge in [-0.25, -0.2) is 0 Å². The monoisotopic (exact) mass is 309 g/mol. The predicted molar refractivity (Wildman–Crippen MR) is 73.0 cm³/mol. The molecule has 3 rings (SSSR count). The van der Waals surface area contributed by atoms with Crippen LogP contribution in [0.5, 0.6) is 11.5 Å². The first-order chi connectivity index (χ1) is 10.3. The van der Waals surface area contributed by atoms with Crippen LogP contribution in [-0.4, -0.2) is 22.4 Å². The summed E-state index contributed by atoms with van der Waals surface area (Å²) >= 11 is 0. The fourth-order valence-corrected chi connectivity index (χ4v) is 2.21. The lowest BCUT2D eigenvalue weighted by Crippen LogP contribution is -2.25. The summed E-state index contributed by atoms with van der Waals surface area (Å²) in [6.45, 7) is 3.56. The molecule has 22 heavy (non-hydrogen) atoms. The first-order valence-corrected chi connectivity index (χ1v) is 6.54. The van der Waals surface area contributed by atoms with Gasteiger partial charge < -0.3 is 14.8 Å². The van der Waals surface area contributed by atoms with E-state index in [0.29, 0.717) is 16.9 Å². The van der Waals surface area contributed by atoms with Gasteiger partial charge in [-0.1, -0.05) is 6.07 Å². The zero-order valence-corrected chi connectivity index (χ0v) is 11.9. The van der Waals surface area contributed by atoms with Crippen molar-refractivity contribution in [2.45, 2.75) is 26.6 Å². The Kier molecular flexibility index (Phi) is 3.23. The van der Waals surface area contributed by atoms with E-state index in [1.54, 1.807) is 13.8 Å². The zero-order valence-electron chi connectivity index (χ0n) is 11.9. The maximum Gasteiger partial charge on any atom is 0.586 e. The summed E-state index contributed by atoms with van der Waals surface area (Å²) in [6.07, 6.45) is -3.64. The van der Waals surface area contributed by atoms with Crippen LogP contribution >= 0.6 is 0 Å². The SMILES string of the molecule is Cc1n[nH]c(C)c1NC(=O)Cc1ccc2c(c1)OC(F)(F)O2. The predicted octanol–water partition coefficient (Wildman–Crippen LogP) is 2.53. The third kappa shape index (κ3) is 2.72. The van der Waals surface area contributed by atoms with E-state index in [2.05, 4.69) is 25.0 Å². The van der Waals surface area contributed by atoms with E-state index < -0.39 is 6.29 Å². The van der Waals surface area contributed by atoms with E-state index >= 15 is 0 Å². The molecular formula is C14H13F2N3O3. The highest BCUT2D eigenvalue weighted by atomic mass is 19.3. The number of benzene rings is 1. The van der Waals surface area contributed by atoms with Gasteiger partial charge in [0.2, 0.25) is 5.91 Å². The third-order valence-corrected chi connectivity index (χ3v) is 3.22. The molecule has 0 fully saturated rings. The minimum absolute atomic E-state index is 0.0201. The summed E-state index contributed by atoms with van der Waals surface area (Å²) in [5.41, 5.74) is 2.58. The largest absolute Gasteiger partial charge is 0.586 e. The minimum atomic E-state index is -3.66. The number of anilines is 1. The molecule has 1 aromatic carbocycles. The van der Waals surface area contributed by atoms with Crippen LogP contribution in [-0.2, 0) is 11.2 Å². The summed E-state index contributed by atoms with van der Waals surface area (Å²) in [7, 11) is 0. The molecule has 1 aliphatic rings. The maximum absolute atomic E-state index is 12.9. The van der Waals surface area contributed by atoms with Crippen LogP contribution in [0.4, 0.5) is 14.5 Å². The molecule has 1 aromatic heterocycles. The Labute approximate surface area is 124 Å². The van der Waals surface area contributed by atoms with Crippen molar-refractivity contribution in [1.82, 2.24) is 10.2 Å². The highest BCUT2D eigenvalue weighted by Crippen LogP contribution is 2.41. The first-order valence-electron chi connectivity index (χ1n) is 6.54. The molecule has 0 radical (unpaired) electrons. The number of ether oxygens (including phenoxy) is 2. The quantitative estimate of drug-likeness (QED) is 0.913. The number of H-pyrrole nitrogens is 1. The van der Waals surface area contributed by atoms with Crippen LogP contribution in [0, 0.1) is 13.8 Å². The van der Waals surface area contributed by atoms with Crippen molar-refractivity contribution in [3.8, 4) is 11.5 Å². The zero-order chi connectivity index (χ0) is 15.9. The normalized spacial score (nSPS) is 14.9. The van der Waals surface area contributed by atoms with Gasteiger partial charge in [-0.2, -0.15) is 5.10 Å². The second-order valence-corrected chi connectivity index (χ2v) is 4.98. The van der Waals surface area contributed by atoms with E-state index in [4.69, 9.17) is 0 Å².